The van der Waals surface area contributed by atoms with Gasteiger partial charge in [0.2, 0.25) is 5.91 Å². The van der Waals surface area contributed by atoms with Crippen LogP contribution in [0.3, 0.4) is 0 Å². The number of carbonyl (C=O) groups excluding carboxylic acids is 4. The number of allylic oxidation sites excluding steroid dienone is 3. The SMILES string of the molecule is C=CC(CCC(=C)NC(CC(C)C(=C)NCc1ccc(C(=C)NC(Cc2ccc3ccccc3c2)C(=O)NCCCCC(NC(=C)NC(CCC(=C)C)C(=C)C)C(C)=O)cc1)C(C)=O)NC(=O)c1ccnc(C)c1. The highest BCUT2D eigenvalue weighted by Crippen LogP contribution is 2.21. The number of unbranched alkanes of at least 4 members (excludes halogenated alkanes) is 1. The molecule has 0 fully saturated rings. The van der Waals surface area contributed by atoms with Crippen molar-refractivity contribution in [2.24, 2.45) is 5.92 Å². The Morgan fingerprint density at radius 2 is 1.32 bits per heavy atom. The Labute approximate surface area is 441 Å². The zero-order valence-corrected chi connectivity index (χ0v) is 44.9. The van der Waals surface area contributed by atoms with Gasteiger partial charge in [-0.3, -0.25) is 24.2 Å². The summed E-state index contributed by atoms with van der Waals surface area (Å²) >= 11 is 0. The summed E-state index contributed by atoms with van der Waals surface area (Å²) in [7, 11) is 0. The van der Waals surface area contributed by atoms with Crippen molar-refractivity contribution in [3.05, 3.63) is 193 Å². The molecule has 12 heteroatoms. The van der Waals surface area contributed by atoms with Crippen LogP contribution in [0.25, 0.3) is 16.5 Å². The quantitative estimate of drug-likeness (QED) is 0.0174. The molecule has 394 valence electrons. The summed E-state index contributed by atoms with van der Waals surface area (Å²) in [5, 5.41) is 25.2. The van der Waals surface area contributed by atoms with Gasteiger partial charge in [-0.1, -0.05) is 124 Å². The van der Waals surface area contributed by atoms with Crippen LogP contribution in [0.5, 0.6) is 0 Å². The minimum atomic E-state index is -0.605. The highest BCUT2D eigenvalue weighted by Gasteiger charge is 2.23. The molecule has 74 heavy (non-hydrogen) atoms. The second kappa shape index (κ2) is 29.9. The fraction of sp³-hybridized carbons (Fsp3) is 0.371. The van der Waals surface area contributed by atoms with Gasteiger partial charge in [-0.25, -0.2) is 0 Å². The maximum Gasteiger partial charge on any atom is 0.251 e. The zero-order chi connectivity index (χ0) is 54.3. The first kappa shape index (κ1) is 59.1. The lowest BCUT2D eigenvalue weighted by Crippen LogP contribution is -2.45. The first-order valence-corrected chi connectivity index (χ1v) is 25.8. The number of pyridine rings is 1. The van der Waals surface area contributed by atoms with Gasteiger partial charge >= 0.3 is 0 Å². The summed E-state index contributed by atoms with van der Waals surface area (Å²) in [6.45, 7) is 41.0. The third-order valence-electron chi connectivity index (χ3n) is 13.2. The average molecular weight is 1000 g/mol. The molecule has 0 bridgehead atoms. The number of hydrogen-bond donors (Lipinski definition) is 7. The number of fused-ring (bicyclic) bond motifs is 1. The summed E-state index contributed by atoms with van der Waals surface area (Å²) < 4.78 is 0. The number of nitrogens with one attached hydrogen (secondary N) is 7. The molecule has 1 heterocycles. The Balaban J connectivity index is 1.29. The number of benzene rings is 3. The second-order valence-corrected chi connectivity index (χ2v) is 19.8. The Morgan fingerprint density at radius 1 is 0.649 bits per heavy atom. The fourth-order valence-electron chi connectivity index (χ4n) is 8.46. The number of hydrogen-bond acceptors (Lipinski definition) is 10. The number of carbonyl (C=O) groups is 4. The van der Waals surface area contributed by atoms with Crippen LogP contribution in [0, 0.1) is 12.8 Å². The molecule has 0 spiro atoms. The topological polar surface area (TPSA) is 165 Å². The largest absolute Gasteiger partial charge is 0.385 e. The smallest absolute Gasteiger partial charge is 0.251 e. The molecule has 1 aromatic heterocycles. The zero-order valence-electron chi connectivity index (χ0n) is 44.9. The van der Waals surface area contributed by atoms with Crippen LogP contribution in [0.15, 0.2) is 166 Å². The van der Waals surface area contributed by atoms with Crippen molar-refractivity contribution in [2.75, 3.05) is 6.54 Å². The summed E-state index contributed by atoms with van der Waals surface area (Å²) in [5.74, 6) is 0.219. The van der Waals surface area contributed by atoms with Crippen molar-refractivity contribution < 1.29 is 19.2 Å². The van der Waals surface area contributed by atoms with E-state index in [0.717, 1.165) is 69.3 Å². The molecule has 7 N–H and O–H groups in total. The molecule has 0 aliphatic heterocycles. The molecule has 6 unspecified atom stereocenters. The first-order chi connectivity index (χ1) is 35.2. The lowest BCUT2D eigenvalue weighted by molar-refractivity contribution is -0.123. The Morgan fingerprint density at radius 3 is 1.97 bits per heavy atom. The lowest BCUT2D eigenvalue weighted by atomic mass is 9.96. The molecule has 0 aliphatic carbocycles. The summed E-state index contributed by atoms with van der Waals surface area (Å²) in [6, 6.07) is 24.1. The van der Waals surface area contributed by atoms with E-state index in [1.807, 2.05) is 64.1 Å². The van der Waals surface area contributed by atoms with Gasteiger partial charge in [0.1, 0.15) is 6.04 Å². The fourth-order valence-corrected chi connectivity index (χ4v) is 8.46. The van der Waals surface area contributed by atoms with Crippen LogP contribution in [0.2, 0.25) is 0 Å². The minimum absolute atomic E-state index is 0.00374. The van der Waals surface area contributed by atoms with Crippen LogP contribution in [0.1, 0.15) is 119 Å². The molecular formula is C62H82N8O4. The van der Waals surface area contributed by atoms with Crippen molar-refractivity contribution in [2.45, 2.75) is 136 Å². The Bertz CT molecular complexity index is 2650. The van der Waals surface area contributed by atoms with Gasteiger partial charge in [-0.05, 0) is 131 Å². The molecule has 0 radical (unpaired) electrons. The third kappa shape index (κ3) is 20.2. The summed E-state index contributed by atoms with van der Waals surface area (Å²) in [5.41, 5.74) is 8.40. The molecule has 12 nitrogen and oxygen atoms in total. The monoisotopic (exact) mass is 1000 g/mol. The van der Waals surface area contributed by atoms with E-state index in [0.29, 0.717) is 74.4 Å². The predicted molar refractivity (Wildman–Crippen MR) is 306 cm³/mol. The number of nitrogens with zero attached hydrogens (tertiary/aromatic N) is 1. The van der Waals surface area contributed by atoms with E-state index in [1.165, 1.54) is 0 Å². The van der Waals surface area contributed by atoms with E-state index < -0.39 is 18.1 Å². The van der Waals surface area contributed by atoms with E-state index >= 15 is 0 Å². The first-order valence-electron chi connectivity index (χ1n) is 25.8. The second-order valence-electron chi connectivity index (χ2n) is 19.8. The van der Waals surface area contributed by atoms with Gasteiger partial charge in [0.15, 0.2) is 11.6 Å². The molecule has 4 aromatic rings. The molecule has 2 amide bonds. The van der Waals surface area contributed by atoms with Crippen molar-refractivity contribution in [3.8, 4) is 0 Å². The Hall–Kier alpha value is -7.47. The standard InChI is InChI=1S/C62H82N8O4/c1-14-56(70-61(73)55-32-34-63-44(8)36-55)30-23-43(7)66-59(48(12)72)35-42(6)45(9)65-39-50-24-27-52(28-25-50)46(10)67-60(38-51-26-29-53-19-15-16-20-54(53)37-51)62(74)64-33-18-17-21-58(47(11)71)69-49(13)68-57(41(4)5)31-22-40(2)3/h14-16,19-20,24-29,32,34,36-37,42,56-60,65-69H,1-2,4,7,9-10,13,17-18,21-23,30-31,33,35,38-39H2,3,5-6,8,11-12H3,(H,64,74)(H,70,73). The van der Waals surface area contributed by atoms with Gasteiger partial charge in [-0.2, -0.15) is 0 Å². The van der Waals surface area contributed by atoms with E-state index in [9.17, 15) is 19.2 Å². The van der Waals surface area contributed by atoms with Crippen LogP contribution in [0.4, 0.5) is 0 Å². The third-order valence-corrected chi connectivity index (χ3v) is 13.2. The van der Waals surface area contributed by atoms with Crippen LogP contribution in [-0.2, 0) is 27.3 Å². The number of Topliss-reactive ketones (excluding diaryl/α,β-unsaturated/α-hetero) is 2. The lowest BCUT2D eigenvalue weighted by Gasteiger charge is -2.25. The van der Waals surface area contributed by atoms with E-state index in [2.05, 4.69) is 119 Å². The predicted octanol–water partition coefficient (Wildman–Crippen LogP) is 10.4. The summed E-state index contributed by atoms with van der Waals surface area (Å²) in [6.07, 6.45) is 9.07. The molecule has 6 atom stereocenters. The molecule has 0 aliphatic rings. The van der Waals surface area contributed by atoms with E-state index in [-0.39, 0.29) is 41.4 Å². The molecular weight excluding hydrogens is 921 g/mol. The maximum absolute atomic E-state index is 14.0. The average Bonchev–Trinajstić information content (AvgIpc) is 3.36. The van der Waals surface area contributed by atoms with Crippen molar-refractivity contribution >= 4 is 39.9 Å². The van der Waals surface area contributed by atoms with Crippen LogP contribution < -0.4 is 37.2 Å². The van der Waals surface area contributed by atoms with Crippen LogP contribution in [-0.4, -0.2) is 65.1 Å². The van der Waals surface area contributed by atoms with Gasteiger partial charge in [0.05, 0.1) is 17.9 Å². The van der Waals surface area contributed by atoms with E-state index in [4.69, 9.17) is 0 Å². The molecule has 4 rings (SSSR count). The Kier molecular flexibility index (Phi) is 23.9. The molecule has 0 saturated heterocycles. The normalized spacial score (nSPS) is 13.3. The number of amides is 2. The van der Waals surface area contributed by atoms with Gasteiger partial charge in [-0.15, -0.1) is 13.2 Å². The van der Waals surface area contributed by atoms with Crippen molar-refractivity contribution in [3.63, 3.8) is 0 Å². The van der Waals surface area contributed by atoms with Crippen molar-refractivity contribution in [1.29, 1.82) is 0 Å². The number of aryl methyl sites for hydroxylation is 1. The molecule has 0 saturated carbocycles. The maximum atomic E-state index is 14.0. The van der Waals surface area contributed by atoms with E-state index in [1.54, 1.807) is 38.3 Å². The summed E-state index contributed by atoms with van der Waals surface area (Å²) in [4.78, 5) is 56.3. The highest BCUT2D eigenvalue weighted by atomic mass is 16.2. The minimum Gasteiger partial charge on any atom is -0.385 e. The van der Waals surface area contributed by atoms with Gasteiger partial charge < -0.3 is 37.2 Å². The number of ketones is 2. The van der Waals surface area contributed by atoms with Gasteiger partial charge in [0.25, 0.3) is 5.91 Å². The number of aromatic nitrogens is 1. The van der Waals surface area contributed by atoms with Crippen LogP contribution >= 0.6 is 0 Å². The molecule has 3 aromatic carbocycles. The number of rotatable bonds is 35. The van der Waals surface area contributed by atoms with Gasteiger partial charge in [0, 0.05) is 66.1 Å². The van der Waals surface area contributed by atoms with Crippen molar-refractivity contribution in [1.82, 2.24) is 42.2 Å². The highest BCUT2D eigenvalue weighted by molar-refractivity contribution is 5.94.